The monoisotopic (exact) mass is 398 g/mol. The van der Waals surface area contributed by atoms with Crippen molar-refractivity contribution >= 4 is 23.0 Å². The van der Waals surface area contributed by atoms with Gasteiger partial charge in [0.05, 0.1) is 5.70 Å². The van der Waals surface area contributed by atoms with Gasteiger partial charge in [-0.05, 0) is 36.1 Å². The smallest absolute Gasteiger partial charge is 0.226 e. The molecule has 4 heterocycles. The van der Waals surface area contributed by atoms with Crippen molar-refractivity contribution < 1.29 is 4.74 Å². The third-order valence-electron chi connectivity index (χ3n) is 5.51. The number of benzene rings is 2. The van der Waals surface area contributed by atoms with Crippen molar-refractivity contribution in [3.8, 4) is 5.75 Å². The summed E-state index contributed by atoms with van der Waals surface area (Å²) in [5, 5.41) is 10.2. The summed E-state index contributed by atoms with van der Waals surface area (Å²) in [4.78, 5) is 5.67. The molecule has 2 aromatic heterocycles. The normalized spacial score (nSPS) is 19.6. The van der Waals surface area contributed by atoms with E-state index in [2.05, 4.69) is 70.2 Å². The zero-order valence-electron chi connectivity index (χ0n) is 15.7. The van der Waals surface area contributed by atoms with E-state index in [4.69, 9.17) is 4.74 Å². The molecule has 2 aromatic carbocycles. The molecule has 0 radical (unpaired) electrons. The largest absolute Gasteiger partial charge is 0.480 e. The van der Waals surface area contributed by atoms with Crippen molar-refractivity contribution in [2.45, 2.75) is 19.1 Å². The lowest BCUT2D eigenvalue weighted by Crippen LogP contribution is -2.32. The van der Waals surface area contributed by atoms with Crippen LogP contribution in [0.1, 0.15) is 33.7 Å². The van der Waals surface area contributed by atoms with E-state index in [0.29, 0.717) is 0 Å². The Labute approximate surface area is 172 Å². The molecule has 5 nitrogen and oxygen atoms in total. The molecule has 6 heteroatoms. The first-order valence-electron chi connectivity index (χ1n) is 9.56. The lowest BCUT2D eigenvalue weighted by Gasteiger charge is -2.38. The predicted octanol–water partition coefficient (Wildman–Crippen LogP) is 5.21. The van der Waals surface area contributed by atoms with Gasteiger partial charge < -0.3 is 10.1 Å². The van der Waals surface area contributed by atoms with Crippen molar-refractivity contribution in [2.75, 3.05) is 5.32 Å². The van der Waals surface area contributed by atoms with Gasteiger partial charge in [-0.15, -0.1) is 11.3 Å². The highest BCUT2D eigenvalue weighted by Gasteiger charge is 2.41. The molecule has 0 amide bonds. The van der Waals surface area contributed by atoms with Crippen molar-refractivity contribution in [1.82, 2.24) is 14.8 Å². The number of nitrogens with zero attached hydrogens (tertiary/aromatic N) is 3. The Hall–Kier alpha value is -3.38. The molecule has 2 aliphatic rings. The number of para-hydroxylation sites is 1. The zero-order chi connectivity index (χ0) is 19.4. The Morgan fingerprint density at radius 3 is 2.72 bits per heavy atom. The van der Waals surface area contributed by atoms with Gasteiger partial charge in [0, 0.05) is 16.0 Å². The van der Waals surface area contributed by atoms with Crippen LogP contribution in [0.4, 0.5) is 5.95 Å². The van der Waals surface area contributed by atoms with Crippen molar-refractivity contribution in [1.29, 1.82) is 0 Å². The van der Waals surface area contributed by atoms with Gasteiger partial charge in [0.2, 0.25) is 5.95 Å². The van der Waals surface area contributed by atoms with Crippen LogP contribution in [-0.4, -0.2) is 14.8 Å². The van der Waals surface area contributed by atoms with E-state index < -0.39 is 0 Å². The average Bonchev–Trinajstić information content (AvgIpc) is 3.44. The summed E-state index contributed by atoms with van der Waals surface area (Å²) >= 11 is 1.73. The SMILES string of the molecule is Cc1ccc([C@@H]2Oc3ccccc3C3=C2[C@H](c2cccs2)n2ncnc2N3)cc1. The van der Waals surface area contributed by atoms with Gasteiger partial charge in [0.1, 0.15) is 24.2 Å². The fourth-order valence-corrected chi connectivity index (χ4v) is 4.98. The second-order valence-electron chi connectivity index (χ2n) is 7.31. The van der Waals surface area contributed by atoms with E-state index in [1.54, 1.807) is 17.7 Å². The first-order valence-corrected chi connectivity index (χ1v) is 10.4. The van der Waals surface area contributed by atoms with Crippen LogP contribution in [0.25, 0.3) is 5.70 Å². The Morgan fingerprint density at radius 1 is 1.03 bits per heavy atom. The van der Waals surface area contributed by atoms with E-state index in [0.717, 1.165) is 34.1 Å². The summed E-state index contributed by atoms with van der Waals surface area (Å²) in [6.07, 6.45) is 1.40. The summed E-state index contributed by atoms with van der Waals surface area (Å²) in [7, 11) is 0. The standard InChI is InChI=1S/C23H18N4OS/c1-14-8-10-15(11-9-14)22-19-20(16-5-2-3-6-17(16)28-22)26-23-24-13-25-27(23)21(19)18-7-4-12-29-18/h2-13,21-22H,1H3,(H,24,25,26)/t21-,22-/m0/s1. The number of aryl methyl sites for hydroxylation is 1. The topological polar surface area (TPSA) is 52.0 Å². The molecule has 0 saturated heterocycles. The predicted molar refractivity (Wildman–Crippen MR) is 114 cm³/mol. The highest BCUT2D eigenvalue weighted by atomic mass is 32.1. The number of aromatic nitrogens is 3. The van der Waals surface area contributed by atoms with E-state index in [1.807, 2.05) is 22.9 Å². The third-order valence-corrected chi connectivity index (χ3v) is 6.44. The van der Waals surface area contributed by atoms with Crippen molar-refractivity contribution in [3.05, 3.63) is 99.5 Å². The molecule has 0 bridgehead atoms. The lowest BCUT2D eigenvalue weighted by atomic mass is 9.87. The van der Waals surface area contributed by atoms with Gasteiger partial charge in [-0.1, -0.05) is 48.0 Å². The molecule has 0 spiro atoms. The Morgan fingerprint density at radius 2 is 1.90 bits per heavy atom. The van der Waals surface area contributed by atoms with E-state index in [9.17, 15) is 0 Å². The van der Waals surface area contributed by atoms with Gasteiger partial charge in [-0.3, -0.25) is 0 Å². The maximum absolute atomic E-state index is 6.59. The second kappa shape index (κ2) is 6.32. The molecule has 0 saturated carbocycles. The zero-order valence-corrected chi connectivity index (χ0v) is 16.6. The highest BCUT2D eigenvalue weighted by molar-refractivity contribution is 7.10. The van der Waals surface area contributed by atoms with Gasteiger partial charge in [0.25, 0.3) is 0 Å². The first kappa shape index (κ1) is 16.6. The summed E-state index contributed by atoms with van der Waals surface area (Å²) in [5.41, 5.74) is 5.64. The number of hydrogen-bond donors (Lipinski definition) is 1. The first-order chi connectivity index (χ1) is 14.3. The molecule has 142 valence electrons. The van der Waals surface area contributed by atoms with Crippen molar-refractivity contribution in [3.63, 3.8) is 0 Å². The van der Waals surface area contributed by atoms with Crippen LogP contribution in [0, 0.1) is 6.92 Å². The minimum Gasteiger partial charge on any atom is -0.480 e. The van der Waals surface area contributed by atoms with E-state index in [1.165, 1.54) is 10.4 Å². The number of hydrogen-bond acceptors (Lipinski definition) is 5. The third kappa shape index (κ3) is 2.53. The number of thiophene rings is 1. The van der Waals surface area contributed by atoms with Crippen LogP contribution >= 0.6 is 11.3 Å². The minimum absolute atomic E-state index is 0.0663. The van der Waals surface area contributed by atoms with Crippen molar-refractivity contribution in [2.24, 2.45) is 0 Å². The number of fused-ring (bicyclic) bond motifs is 3. The summed E-state index contributed by atoms with van der Waals surface area (Å²) < 4.78 is 8.55. The summed E-state index contributed by atoms with van der Waals surface area (Å²) in [5.74, 6) is 1.63. The molecule has 0 aliphatic carbocycles. The molecule has 0 fully saturated rings. The van der Waals surface area contributed by atoms with Gasteiger partial charge in [0.15, 0.2) is 0 Å². The van der Waals surface area contributed by atoms with Gasteiger partial charge in [-0.2, -0.15) is 10.1 Å². The number of nitrogens with one attached hydrogen (secondary N) is 1. The number of rotatable bonds is 2. The molecule has 6 rings (SSSR count). The van der Waals surface area contributed by atoms with Gasteiger partial charge >= 0.3 is 0 Å². The molecular formula is C23H18N4OS. The van der Waals surface area contributed by atoms with E-state index in [-0.39, 0.29) is 12.1 Å². The lowest BCUT2D eigenvalue weighted by molar-refractivity contribution is 0.223. The summed E-state index contributed by atoms with van der Waals surface area (Å²) in [6, 6.07) is 20.9. The molecule has 0 unspecified atom stereocenters. The molecule has 2 aliphatic heterocycles. The number of anilines is 1. The highest BCUT2D eigenvalue weighted by Crippen LogP contribution is 2.51. The maximum atomic E-state index is 6.59. The van der Waals surface area contributed by atoms with Crippen LogP contribution in [0.15, 0.2) is 77.9 Å². The molecule has 4 aromatic rings. The molecular weight excluding hydrogens is 380 g/mol. The Bertz CT molecular complexity index is 1220. The van der Waals surface area contributed by atoms with Crippen LogP contribution in [0.2, 0.25) is 0 Å². The second-order valence-corrected chi connectivity index (χ2v) is 8.29. The fourth-order valence-electron chi connectivity index (χ4n) is 4.15. The van der Waals surface area contributed by atoms with Crippen LogP contribution < -0.4 is 10.1 Å². The maximum Gasteiger partial charge on any atom is 0.226 e. The average molecular weight is 398 g/mol. The molecule has 2 atom stereocenters. The quantitative estimate of drug-likeness (QED) is 0.504. The van der Waals surface area contributed by atoms with Crippen LogP contribution in [-0.2, 0) is 0 Å². The summed E-state index contributed by atoms with van der Waals surface area (Å²) in [6.45, 7) is 2.10. The minimum atomic E-state index is -0.211. The fraction of sp³-hybridized carbons (Fsp3) is 0.130. The van der Waals surface area contributed by atoms with Crippen LogP contribution in [0.5, 0.6) is 5.75 Å². The molecule has 29 heavy (non-hydrogen) atoms. The van der Waals surface area contributed by atoms with E-state index >= 15 is 0 Å². The van der Waals surface area contributed by atoms with Crippen LogP contribution in [0.3, 0.4) is 0 Å². The van der Waals surface area contributed by atoms with Gasteiger partial charge in [-0.25, -0.2) is 4.68 Å². The molecule has 1 N–H and O–H groups in total. The Kier molecular flexibility index (Phi) is 3.61. The number of ether oxygens (including phenoxy) is 1. The Balaban J connectivity index is 1.63.